The van der Waals surface area contributed by atoms with E-state index in [9.17, 15) is 13.9 Å². The number of hydrogen-bond donors (Lipinski definition) is 1. The van der Waals surface area contributed by atoms with Crippen molar-refractivity contribution in [3.63, 3.8) is 0 Å². The molecule has 0 amide bonds. The molecule has 1 heterocycles. The van der Waals surface area contributed by atoms with Crippen LogP contribution in [0.15, 0.2) is 24.3 Å². The highest BCUT2D eigenvalue weighted by Gasteiger charge is 2.20. The second-order valence-corrected chi connectivity index (χ2v) is 6.71. The molecule has 2 atom stereocenters. The average Bonchev–Trinajstić information content (AvgIpc) is 2.72. The zero-order chi connectivity index (χ0) is 15.9. The molecule has 2 rings (SSSR count). The van der Waals surface area contributed by atoms with Gasteiger partial charge in [0.2, 0.25) is 0 Å². The highest BCUT2D eigenvalue weighted by atomic mass is 32.2. The van der Waals surface area contributed by atoms with E-state index < -0.39 is 12.7 Å². The second kappa shape index (κ2) is 8.70. The molecule has 0 bridgehead atoms. The van der Waals surface area contributed by atoms with Crippen molar-refractivity contribution in [2.45, 2.75) is 37.2 Å². The molecule has 6 heteroatoms. The molecule has 0 saturated carbocycles. The van der Waals surface area contributed by atoms with Crippen LogP contribution in [0.1, 0.15) is 30.9 Å². The van der Waals surface area contributed by atoms with Crippen LogP contribution < -0.4 is 4.74 Å². The average molecular weight is 331 g/mol. The van der Waals surface area contributed by atoms with Crippen LogP contribution in [0.25, 0.3) is 0 Å². The first-order chi connectivity index (χ1) is 10.6. The number of benzene rings is 1. The number of β-amino-alcohol motifs (C(OH)–C–C–N with tert-alkyl or cyclic N) is 1. The van der Waals surface area contributed by atoms with Crippen LogP contribution in [0.3, 0.4) is 0 Å². The van der Waals surface area contributed by atoms with Gasteiger partial charge in [0.05, 0.1) is 6.10 Å². The van der Waals surface area contributed by atoms with Crippen molar-refractivity contribution >= 4 is 11.8 Å². The molecule has 1 N–H and O–H groups in total. The molecule has 1 aromatic carbocycles. The normalized spacial score (nSPS) is 21.6. The van der Waals surface area contributed by atoms with E-state index in [2.05, 4.69) is 15.9 Å². The number of thioether (sulfide) groups is 1. The van der Waals surface area contributed by atoms with Gasteiger partial charge in [-0.05, 0) is 43.3 Å². The van der Waals surface area contributed by atoms with Crippen molar-refractivity contribution in [3.05, 3.63) is 29.8 Å². The predicted octanol–water partition coefficient (Wildman–Crippen LogP) is 3.54. The SMILES string of the molecule is CSC1CCCCN(CC(O)c2ccc(OC(F)F)cc2)C1. The highest BCUT2D eigenvalue weighted by Crippen LogP contribution is 2.24. The molecule has 2 unspecified atom stereocenters. The van der Waals surface area contributed by atoms with Gasteiger partial charge in [0, 0.05) is 18.3 Å². The zero-order valence-corrected chi connectivity index (χ0v) is 13.6. The van der Waals surface area contributed by atoms with E-state index in [-0.39, 0.29) is 5.75 Å². The Balaban J connectivity index is 1.91. The highest BCUT2D eigenvalue weighted by molar-refractivity contribution is 7.99. The van der Waals surface area contributed by atoms with Crippen molar-refractivity contribution in [2.24, 2.45) is 0 Å². The number of halogens is 2. The summed E-state index contributed by atoms with van der Waals surface area (Å²) in [5.41, 5.74) is 0.728. The minimum atomic E-state index is -2.82. The minimum Gasteiger partial charge on any atom is -0.435 e. The third-order valence-corrected chi connectivity index (χ3v) is 5.02. The van der Waals surface area contributed by atoms with E-state index in [1.165, 1.54) is 25.0 Å². The summed E-state index contributed by atoms with van der Waals surface area (Å²) in [6.45, 7) is -0.256. The lowest BCUT2D eigenvalue weighted by Crippen LogP contribution is -2.33. The van der Waals surface area contributed by atoms with Gasteiger partial charge >= 0.3 is 6.61 Å². The Kier molecular flexibility index (Phi) is 6.92. The lowest BCUT2D eigenvalue weighted by Gasteiger charge is -2.26. The van der Waals surface area contributed by atoms with Crippen LogP contribution in [0, 0.1) is 0 Å². The van der Waals surface area contributed by atoms with E-state index in [1.54, 1.807) is 12.1 Å². The molecule has 22 heavy (non-hydrogen) atoms. The third kappa shape index (κ3) is 5.41. The lowest BCUT2D eigenvalue weighted by atomic mass is 10.1. The molecule has 0 spiro atoms. The topological polar surface area (TPSA) is 32.7 Å². The molecule has 124 valence electrons. The number of likely N-dealkylation sites (tertiary alicyclic amines) is 1. The summed E-state index contributed by atoms with van der Waals surface area (Å²) in [5, 5.41) is 11.0. The summed E-state index contributed by atoms with van der Waals surface area (Å²) in [5.74, 6) is 0.114. The first kappa shape index (κ1) is 17.5. The summed E-state index contributed by atoms with van der Waals surface area (Å²) >= 11 is 1.88. The maximum absolute atomic E-state index is 12.1. The Morgan fingerprint density at radius 3 is 2.68 bits per heavy atom. The van der Waals surface area contributed by atoms with Crippen LogP contribution in [-0.2, 0) is 0 Å². The number of nitrogens with zero attached hydrogens (tertiary/aromatic N) is 1. The summed E-state index contributed by atoms with van der Waals surface area (Å²) < 4.78 is 28.6. The van der Waals surface area contributed by atoms with Crippen LogP contribution in [0.2, 0.25) is 0 Å². The summed E-state index contributed by atoms with van der Waals surface area (Å²) in [6, 6.07) is 6.23. The molecule has 1 aromatic rings. The van der Waals surface area contributed by atoms with E-state index >= 15 is 0 Å². The van der Waals surface area contributed by atoms with E-state index in [0.29, 0.717) is 11.8 Å². The molecular weight excluding hydrogens is 308 g/mol. The van der Waals surface area contributed by atoms with Crippen LogP contribution >= 0.6 is 11.8 Å². The number of ether oxygens (including phenoxy) is 1. The number of aliphatic hydroxyl groups excluding tert-OH is 1. The van der Waals surface area contributed by atoms with Crippen LogP contribution in [-0.4, -0.2) is 47.8 Å². The number of rotatable bonds is 6. The molecule has 0 aliphatic carbocycles. The molecule has 3 nitrogen and oxygen atoms in total. The van der Waals surface area contributed by atoms with Gasteiger partial charge in [-0.2, -0.15) is 20.5 Å². The van der Waals surface area contributed by atoms with Crippen LogP contribution in [0.5, 0.6) is 5.75 Å². The molecule has 0 radical (unpaired) electrons. The molecule has 1 aliphatic rings. The Morgan fingerprint density at radius 1 is 1.32 bits per heavy atom. The Hall–Kier alpha value is -0.850. The summed E-state index contributed by atoms with van der Waals surface area (Å²) in [4.78, 5) is 2.29. The van der Waals surface area contributed by atoms with Gasteiger partial charge in [-0.1, -0.05) is 18.6 Å². The van der Waals surface area contributed by atoms with Crippen molar-refractivity contribution in [3.8, 4) is 5.75 Å². The number of hydrogen-bond acceptors (Lipinski definition) is 4. The number of aliphatic hydroxyl groups is 1. The van der Waals surface area contributed by atoms with Gasteiger partial charge in [0.1, 0.15) is 5.75 Å². The fourth-order valence-corrected chi connectivity index (χ4v) is 3.52. The minimum absolute atomic E-state index is 0.114. The zero-order valence-electron chi connectivity index (χ0n) is 12.8. The van der Waals surface area contributed by atoms with Gasteiger partial charge < -0.3 is 9.84 Å². The summed E-state index contributed by atoms with van der Waals surface area (Å²) in [7, 11) is 0. The largest absolute Gasteiger partial charge is 0.435 e. The quantitative estimate of drug-likeness (QED) is 0.864. The Labute approximate surface area is 134 Å². The molecule has 0 aromatic heterocycles. The fraction of sp³-hybridized carbons (Fsp3) is 0.625. The smallest absolute Gasteiger partial charge is 0.387 e. The van der Waals surface area contributed by atoms with Crippen molar-refractivity contribution in [2.75, 3.05) is 25.9 Å². The lowest BCUT2D eigenvalue weighted by molar-refractivity contribution is -0.0498. The maximum Gasteiger partial charge on any atom is 0.387 e. The standard InChI is InChI=1S/C16H23F2NO2S/c1-22-14-4-2-3-9-19(10-14)11-15(20)12-5-7-13(8-6-12)21-16(17)18/h5-8,14-16,20H,2-4,9-11H2,1H3. The summed E-state index contributed by atoms with van der Waals surface area (Å²) in [6.07, 6.45) is 5.14. The Morgan fingerprint density at radius 2 is 2.05 bits per heavy atom. The first-order valence-corrected chi connectivity index (χ1v) is 8.85. The van der Waals surface area contributed by atoms with E-state index in [0.717, 1.165) is 25.1 Å². The fourth-order valence-electron chi connectivity index (χ4n) is 2.76. The second-order valence-electron chi connectivity index (χ2n) is 5.58. The van der Waals surface area contributed by atoms with Gasteiger partial charge in [-0.3, -0.25) is 4.90 Å². The third-order valence-electron chi connectivity index (χ3n) is 3.97. The number of alkyl halides is 2. The van der Waals surface area contributed by atoms with E-state index in [1.807, 2.05) is 11.8 Å². The van der Waals surface area contributed by atoms with Crippen LogP contribution in [0.4, 0.5) is 8.78 Å². The van der Waals surface area contributed by atoms with Crippen molar-refractivity contribution < 1.29 is 18.6 Å². The Bertz CT molecular complexity index is 444. The van der Waals surface area contributed by atoms with Gasteiger partial charge in [-0.25, -0.2) is 0 Å². The molecule has 1 saturated heterocycles. The molecule has 1 fully saturated rings. The van der Waals surface area contributed by atoms with E-state index in [4.69, 9.17) is 0 Å². The molecular formula is C16H23F2NO2S. The van der Waals surface area contributed by atoms with Crippen molar-refractivity contribution in [1.82, 2.24) is 4.90 Å². The van der Waals surface area contributed by atoms with Crippen molar-refractivity contribution in [1.29, 1.82) is 0 Å². The van der Waals surface area contributed by atoms with Gasteiger partial charge in [-0.15, -0.1) is 0 Å². The molecule has 1 aliphatic heterocycles. The van der Waals surface area contributed by atoms with Gasteiger partial charge in [0.15, 0.2) is 0 Å². The predicted molar refractivity (Wildman–Crippen MR) is 85.6 cm³/mol. The first-order valence-electron chi connectivity index (χ1n) is 7.56. The maximum atomic E-state index is 12.1. The van der Waals surface area contributed by atoms with Gasteiger partial charge in [0.25, 0.3) is 0 Å². The monoisotopic (exact) mass is 331 g/mol.